The summed E-state index contributed by atoms with van der Waals surface area (Å²) in [5.74, 6) is -3.37. The summed E-state index contributed by atoms with van der Waals surface area (Å²) in [5, 5.41) is 0. The summed E-state index contributed by atoms with van der Waals surface area (Å²) in [7, 11) is 0. The number of benzene rings is 1. The maximum Gasteiger partial charge on any atom is 0.231 e. The van der Waals surface area contributed by atoms with Crippen LogP contribution < -0.4 is 0 Å². The summed E-state index contributed by atoms with van der Waals surface area (Å²) in [6, 6.07) is 2.50. The highest BCUT2D eigenvalue weighted by atomic mass is 19.1. The Balaban J connectivity index is 3.08. The lowest BCUT2D eigenvalue weighted by molar-refractivity contribution is -0.114. The molecule has 0 unspecified atom stereocenters. The number of Topliss-reactive ketones (excluding diaryl/α,β-unsaturated/α-hetero) is 2. The van der Waals surface area contributed by atoms with Crippen LogP contribution in [-0.4, -0.2) is 11.6 Å². The van der Waals surface area contributed by atoms with E-state index in [0.717, 1.165) is 12.1 Å². The molecule has 2 nitrogen and oxygen atoms in total. The molecule has 1 aromatic rings. The summed E-state index contributed by atoms with van der Waals surface area (Å²) in [6.07, 6.45) is 0.00957. The van der Waals surface area contributed by atoms with Crippen molar-refractivity contribution in [3.8, 4) is 0 Å². The predicted octanol–water partition coefficient (Wildman–Crippen LogP) is 2.13. The first-order valence-corrected chi connectivity index (χ1v) is 4.08. The molecule has 0 aliphatic heterocycles. The van der Waals surface area contributed by atoms with E-state index < -0.39 is 23.2 Å². The van der Waals surface area contributed by atoms with Gasteiger partial charge in [-0.1, -0.05) is 6.92 Å². The number of halogens is 2. The van der Waals surface area contributed by atoms with Crippen LogP contribution in [0.3, 0.4) is 0 Å². The lowest BCUT2D eigenvalue weighted by Gasteiger charge is -1.99. The Morgan fingerprint density at radius 1 is 1.29 bits per heavy atom. The van der Waals surface area contributed by atoms with E-state index in [1.165, 1.54) is 6.92 Å². The van der Waals surface area contributed by atoms with Gasteiger partial charge in [0.1, 0.15) is 11.6 Å². The van der Waals surface area contributed by atoms with Crippen LogP contribution in [0.4, 0.5) is 8.78 Å². The lowest BCUT2D eigenvalue weighted by atomic mass is 10.1. The van der Waals surface area contributed by atoms with E-state index in [4.69, 9.17) is 0 Å². The van der Waals surface area contributed by atoms with E-state index in [1.54, 1.807) is 0 Å². The summed E-state index contributed by atoms with van der Waals surface area (Å²) in [6.45, 7) is 1.50. The van der Waals surface area contributed by atoms with Gasteiger partial charge in [0.2, 0.25) is 11.6 Å². The third-order valence-corrected chi connectivity index (χ3v) is 1.75. The summed E-state index contributed by atoms with van der Waals surface area (Å²) >= 11 is 0. The third kappa shape index (κ3) is 2.02. The van der Waals surface area contributed by atoms with Gasteiger partial charge in [-0.05, 0) is 12.1 Å². The zero-order chi connectivity index (χ0) is 10.7. The van der Waals surface area contributed by atoms with Gasteiger partial charge < -0.3 is 0 Å². The fraction of sp³-hybridized carbons (Fsp3) is 0.200. The van der Waals surface area contributed by atoms with Gasteiger partial charge >= 0.3 is 0 Å². The highest BCUT2D eigenvalue weighted by Gasteiger charge is 2.18. The van der Waals surface area contributed by atoms with Crippen LogP contribution in [0.15, 0.2) is 18.2 Å². The van der Waals surface area contributed by atoms with Crippen LogP contribution in [0, 0.1) is 11.6 Å². The van der Waals surface area contributed by atoms with Gasteiger partial charge in [0, 0.05) is 12.5 Å². The Morgan fingerprint density at radius 3 is 2.43 bits per heavy atom. The fourth-order valence-electron chi connectivity index (χ4n) is 0.984. The molecule has 1 aromatic carbocycles. The maximum absolute atomic E-state index is 13.0. The van der Waals surface area contributed by atoms with Crippen LogP contribution in [0.25, 0.3) is 0 Å². The smallest absolute Gasteiger partial charge is 0.231 e. The number of hydrogen-bond donors (Lipinski definition) is 0. The van der Waals surface area contributed by atoms with Crippen molar-refractivity contribution in [1.82, 2.24) is 0 Å². The molecule has 0 bridgehead atoms. The highest BCUT2D eigenvalue weighted by Crippen LogP contribution is 2.11. The van der Waals surface area contributed by atoms with Crippen LogP contribution in [0.5, 0.6) is 0 Å². The molecule has 0 saturated carbocycles. The molecule has 0 aliphatic carbocycles. The van der Waals surface area contributed by atoms with E-state index in [2.05, 4.69) is 0 Å². The molecule has 14 heavy (non-hydrogen) atoms. The van der Waals surface area contributed by atoms with E-state index in [-0.39, 0.29) is 12.0 Å². The fourth-order valence-corrected chi connectivity index (χ4v) is 0.984. The maximum atomic E-state index is 13.0. The second kappa shape index (κ2) is 4.09. The number of ketones is 2. The highest BCUT2D eigenvalue weighted by molar-refractivity contribution is 6.43. The monoisotopic (exact) mass is 198 g/mol. The third-order valence-electron chi connectivity index (χ3n) is 1.75. The quantitative estimate of drug-likeness (QED) is 0.550. The van der Waals surface area contributed by atoms with Gasteiger partial charge in [0.25, 0.3) is 0 Å². The molecular formula is C10H8F2O2. The van der Waals surface area contributed by atoms with Crippen molar-refractivity contribution in [2.75, 3.05) is 0 Å². The molecule has 0 radical (unpaired) electrons. The van der Waals surface area contributed by atoms with Gasteiger partial charge in [-0.2, -0.15) is 0 Å². The molecule has 74 valence electrons. The Bertz CT molecular complexity index is 386. The minimum atomic E-state index is -1.00. The van der Waals surface area contributed by atoms with Crippen molar-refractivity contribution >= 4 is 11.6 Å². The SMILES string of the molecule is CCC(=O)C(=O)c1ccc(F)cc1F. The van der Waals surface area contributed by atoms with Gasteiger partial charge in [0.05, 0.1) is 5.56 Å². The van der Waals surface area contributed by atoms with Crippen molar-refractivity contribution in [2.45, 2.75) is 13.3 Å². The first kappa shape index (κ1) is 10.5. The van der Waals surface area contributed by atoms with E-state index in [0.29, 0.717) is 6.07 Å². The van der Waals surface area contributed by atoms with Crippen LogP contribution in [0.2, 0.25) is 0 Å². The second-order valence-electron chi connectivity index (χ2n) is 2.73. The molecule has 0 aromatic heterocycles. The number of carbonyl (C=O) groups excluding carboxylic acids is 2. The predicted molar refractivity (Wildman–Crippen MR) is 46.0 cm³/mol. The average molecular weight is 198 g/mol. The Hall–Kier alpha value is -1.58. The number of hydrogen-bond acceptors (Lipinski definition) is 2. The molecule has 4 heteroatoms. The number of rotatable bonds is 3. The van der Waals surface area contributed by atoms with Crippen molar-refractivity contribution in [3.05, 3.63) is 35.4 Å². The van der Waals surface area contributed by atoms with Gasteiger partial charge in [0.15, 0.2) is 0 Å². The van der Waals surface area contributed by atoms with E-state index >= 15 is 0 Å². The minimum absolute atomic E-state index is 0.00957. The Labute approximate surface area is 79.5 Å². The second-order valence-corrected chi connectivity index (χ2v) is 2.73. The summed E-state index contributed by atoms with van der Waals surface area (Å²) < 4.78 is 25.4. The first-order chi connectivity index (χ1) is 6.56. The summed E-state index contributed by atoms with van der Waals surface area (Å²) in [4.78, 5) is 22.1. The molecule has 0 N–H and O–H groups in total. The molecule has 0 atom stereocenters. The largest absolute Gasteiger partial charge is 0.290 e. The Morgan fingerprint density at radius 2 is 1.93 bits per heavy atom. The molecule has 0 spiro atoms. The van der Waals surface area contributed by atoms with Crippen LogP contribution in [-0.2, 0) is 4.79 Å². The lowest BCUT2D eigenvalue weighted by Crippen LogP contribution is -2.14. The first-order valence-electron chi connectivity index (χ1n) is 4.08. The standard InChI is InChI=1S/C10H8F2O2/c1-2-9(13)10(14)7-4-3-6(11)5-8(7)12/h3-5H,2H2,1H3. The van der Waals surface area contributed by atoms with Crippen molar-refractivity contribution < 1.29 is 18.4 Å². The zero-order valence-electron chi connectivity index (χ0n) is 7.51. The minimum Gasteiger partial charge on any atom is -0.290 e. The normalized spacial score (nSPS) is 9.93. The van der Waals surface area contributed by atoms with Crippen molar-refractivity contribution in [2.24, 2.45) is 0 Å². The summed E-state index contributed by atoms with van der Waals surface area (Å²) in [5.41, 5.74) is -0.377. The molecule has 0 heterocycles. The van der Waals surface area contributed by atoms with Gasteiger partial charge in [-0.15, -0.1) is 0 Å². The average Bonchev–Trinajstić information content (AvgIpc) is 2.15. The van der Waals surface area contributed by atoms with Gasteiger partial charge in [-0.25, -0.2) is 8.78 Å². The molecule has 0 aliphatic rings. The Kier molecular flexibility index (Phi) is 3.06. The molecule has 1 rings (SSSR count). The molecule has 0 saturated heterocycles. The number of carbonyl (C=O) groups is 2. The van der Waals surface area contributed by atoms with E-state index in [1.807, 2.05) is 0 Å². The topological polar surface area (TPSA) is 34.1 Å². The van der Waals surface area contributed by atoms with E-state index in [9.17, 15) is 18.4 Å². The van der Waals surface area contributed by atoms with Crippen LogP contribution >= 0.6 is 0 Å². The molecule has 0 amide bonds. The van der Waals surface area contributed by atoms with Crippen molar-refractivity contribution in [3.63, 3.8) is 0 Å². The van der Waals surface area contributed by atoms with Gasteiger partial charge in [-0.3, -0.25) is 9.59 Å². The molecular weight excluding hydrogens is 190 g/mol. The zero-order valence-corrected chi connectivity index (χ0v) is 7.51. The van der Waals surface area contributed by atoms with Crippen LogP contribution in [0.1, 0.15) is 23.7 Å². The molecule has 0 fully saturated rings. The van der Waals surface area contributed by atoms with Crippen molar-refractivity contribution in [1.29, 1.82) is 0 Å².